The average Bonchev–Trinajstić information content (AvgIpc) is 2.26. The lowest BCUT2D eigenvalue weighted by atomic mass is 10.2. The highest BCUT2D eigenvalue weighted by Crippen LogP contribution is 1.96. The Morgan fingerprint density at radius 2 is 1.93 bits per heavy atom. The van der Waals surface area contributed by atoms with E-state index in [4.69, 9.17) is 10.2 Å². The van der Waals surface area contributed by atoms with Gasteiger partial charge in [0, 0.05) is 0 Å². The van der Waals surface area contributed by atoms with Crippen molar-refractivity contribution in [2.24, 2.45) is 0 Å². The van der Waals surface area contributed by atoms with Crippen molar-refractivity contribution in [3.63, 3.8) is 0 Å². The second-order valence-corrected chi connectivity index (χ2v) is 2.71. The van der Waals surface area contributed by atoms with Crippen LogP contribution in [-0.2, 0) is 0 Å². The number of rotatable bonds is 4. The summed E-state index contributed by atoms with van der Waals surface area (Å²) in [5, 5.41) is 17.5. The van der Waals surface area contributed by atoms with Crippen molar-refractivity contribution in [2.45, 2.75) is 25.9 Å². The van der Waals surface area contributed by atoms with Crippen molar-refractivity contribution in [1.29, 1.82) is 0 Å². The lowest BCUT2D eigenvalue weighted by Gasteiger charge is -2.01. The lowest BCUT2D eigenvalue weighted by Crippen LogP contribution is -2.10. The maximum Gasteiger partial charge on any atom is 0.0773 e. The van der Waals surface area contributed by atoms with Crippen LogP contribution < -0.4 is 0 Å². The topological polar surface area (TPSA) is 40.5 Å². The molecule has 0 aliphatic heterocycles. The number of allylic oxidation sites excluding steroid dienone is 2. The zero-order valence-corrected chi connectivity index (χ0v) is 8.75. The summed E-state index contributed by atoms with van der Waals surface area (Å²) < 4.78 is 0. The third kappa shape index (κ3) is 10.3. The average molecular weight is 202 g/mol. The summed E-state index contributed by atoms with van der Waals surface area (Å²) in [4.78, 5) is 0. The van der Waals surface area contributed by atoms with E-state index < -0.39 is 6.10 Å². The SMILES string of the molecule is CC#CC#CC#C/C=C/CC[C@H](O)CO. The van der Waals surface area contributed by atoms with Gasteiger partial charge in [-0.05, 0) is 49.5 Å². The second-order valence-electron chi connectivity index (χ2n) is 2.71. The maximum atomic E-state index is 9.00. The molecule has 0 aromatic heterocycles. The van der Waals surface area contributed by atoms with Crippen LogP contribution in [0.15, 0.2) is 12.2 Å². The first-order valence-electron chi connectivity index (χ1n) is 4.67. The summed E-state index contributed by atoms with van der Waals surface area (Å²) in [6, 6.07) is 0. The minimum absolute atomic E-state index is 0.194. The molecule has 0 aromatic rings. The molecule has 0 unspecified atom stereocenters. The Kier molecular flexibility index (Phi) is 9.27. The Labute approximate surface area is 91.0 Å². The first-order valence-corrected chi connectivity index (χ1v) is 4.67. The van der Waals surface area contributed by atoms with Crippen LogP contribution in [0.1, 0.15) is 19.8 Å². The number of aliphatic hydroxyl groups excluding tert-OH is 2. The molecule has 0 saturated carbocycles. The van der Waals surface area contributed by atoms with Crippen LogP contribution >= 0.6 is 0 Å². The highest BCUT2D eigenvalue weighted by Gasteiger charge is 1.97. The molecule has 78 valence electrons. The fraction of sp³-hybridized carbons (Fsp3) is 0.385. The normalized spacial score (nSPS) is 10.3. The predicted molar refractivity (Wildman–Crippen MR) is 60.5 cm³/mol. The van der Waals surface area contributed by atoms with E-state index in [1.165, 1.54) is 0 Å². The van der Waals surface area contributed by atoms with E-state index in [9.17, 15) is 0 Å². The van der Waals surface area contributed by atoms with Crippen molar-refractivity contribution in [2.75, 3.05) is 6.61 Å². The predicted octanol–water partition coefficient (Wildman–Crippen LogP) is 0.706. The smallest absolute Gasteiger partial charge is 0.0773 e. The van der Waals surface area contributed by atoms with Crippen LogP contribution in [0.25, 0.3) is 0 Å². The van der Waals surface area contributed by atoms with Gasteiger partial charge in [-0.25, -0.2) is 0 Å². The van der Waals surface area contributed by atoms with Crippen molar-refractivity contribution in [1.82, 2.24) is 0 Å². The molecule has 0 spiro atoms. The van der Waals surface area contributed by atoms with E-state index in [1.807, 2.05) is 6.08 Å². The molecule has 0 heterocycles. The van der Waals surface area contributed by atoms with E-state index in [0.717, 1.165) is 0 Å². The van der Waals surface area contributed by atoms with Crippen LogP contribution in [0.5, 0.6) is 0 Å². The lowest BCUT2D eigenvalue weighted by molar-refractivity contribution is 0.0891. The van der Waals surface area contributed by atoms with E-state index >= 15 is 0 Å². The number of aliphatic hydroxyl groups is 2. The molecule has 0 aromatic carbocycles. The zero-order valence-electron chi connectivity index (χ0n) is 8.75. The van der Waals surface area contributed by atoms with Gasteiger partial charge in [-0.1, -0.05) is 17.9 Å². The van der Waals surface area contributed by atoms with Gasteiger partial charge in [0.2, 0.25) is 0 Å². The molecular weight excluding hydrogens is 188 g/mol. The Bertz CT molecular complexity index is 361. The highest BCUT2D eigenvalue weighted by atomic mass is 16.3. The van der Waals surface area contributed by atoms with E-state index in [1.54, 1.807) is 13.0 Å². The molecule has 0 saturated heterocycles. The molecule has 0 bridgehead atoms. The Hall–Kier alpha value is -1.66. The fourth-order valence-corrected chi connectivity index (χ4v) is 0.725. The molecule has 15 heavy (non-hydrogen) atoms. The van der Waals surface area contributed by atoms with Crippen molar-refractivity contribution < 1.29 is 10.2 Å². The van der Waals surface area contributed by atoms with E-state index in [0.29, 0.717) is 12.8 Å². The maximum absolute atomic E-state index is 9.00. The van der Waals surface area contributed by atoms with Gasteiger partial charge >= 0.3 is 0 Å². The van der Waals surface area contributed by atoms with Crippen LogP contribution in [-0.4, -0.2) is 22.9 Å². The monoisotopic (exact) mass is 202 g/mol. The third-order valence-corrected chi connectivity index (χ3v) is 1.46. The van der Waals surface area contributed by atoms with Gasteiger partial charge < -0.3 is 10.2 Å². The minimum Gasteiger partial charge on any atom is -0.394 e. The van der Waals surface area contributed by atoms with Gasteiger partial charge in [-0.15, -0.1) is 0 Å². The van der Waals surface area contributed by atoms with E-state index in [2.05, 4.69) is 35.5 Å². The van der Waals surface area contributed by atoms with Gasteiger partial charge in [0.15, 0.2) is 0 Å². The fourth-order valence-electron chi connectivity index (χ4n) is 0.725. The molecule has 0 aliphatic rings. The van der Waals surface area contributed by atoms with Gasteiger partial charge in [-0.3, -0.25) is 0 Å². The van der Waals surface area contributed by atoms with Crippen molar-refractivity contribution >= 4 is 0 Å². The summed E-state index contributed by atoms with van der Waals surface area (Å²) in [5.41, 5.74) is 0. The highest BCUT2D eigenvalue weighted by molar-refractivity contribution is 5.37. The Morgan fingerprint density at radius 1 is 1.20 bits per heavy atom. The number of hydrogen-bond acceptors (Lipinski definition) is 2. The molecule has 0 aliphatic carbocycles. The largest absolute Gasteiger partial charge is 0.394 e. The summed E-state index contributed by atoms with van der Waals surface area (Å²) in [7, 11) is 0. The standard InChI is InChI=1S/C13H14O2/c1-2-3-4-5-6-7-8-9-10-11-13(15)12-14/h8-9,13-15H,10-12H2,1H3/b9-8+/t13-/m0/s1. The van der Waals surface area contributed by atoms with Gasteiger partial charge in [0.1, 0.15) is 0 Å². The number of hydrogen-bond donors (Lipinski definition) is 2. The molecular formula is C13H14O2. The first-order chi connectivity index (χ1) is 7.31. The quantitative estimate of drug-likeness (QED) is 0.659. The van der Waals surface area contributed by atoms with E-state index in [-0.39, 0.29) is 6.61 Å². The molecule has 1 atom stereocenters. The van der Waals surface area contributed by atoms with Crippen molar-refractivity contribution in [3.05, 3.63) is 12.2 Å². The summed E-state index contributed by atoms with van der Waals surface area (Å²) in [6.07, 6.45) is 4.11. The second kappa shape index (κ2) is 10.4. The zero-order chi connectivity index (χ0) is 11.4. The summed E-state index contributed by atoms with van der Waals surface area (Å²) in [5.74, 6) is 15.7. The van der Waals surface area contributed by atoms with Gasteiger partial charge in [0.25, 0.3) is 0 Å². The third-order valence-electron chi connectivity index (χ3n) is 1.46. The van der Waals surface area contributed by atoms with Gasteiger partial charge in [0.05, 0.1) is 12.7 Å². The van der Waals surface area contributed by atoms with Crippen LogP contribution in [0.2, 0.25) is 0 Å². The minimum atomic E-state index is -0.637. The molecule has 0 amide bonds. The van der Waals surface area contributed by atoms with Gasteiger partial charge in [-0.2, -0.15) is 0 Å². The Balaban J connectivity index is 3.70. The molecule has 2 nitrogen and oxygen atoms in total. The Morgan fingerprint density at radius 3 is 2.60 bits per heavy atom. The first kappa shape index (κ1) is 13.3. The molecule has 0 rings (SSSR count). The van der Waals surface area contributed by atoms with Crippen LogP contribution in [0, 0.1) is 35.5 Å². The molecule has 0 fully saturated rings. The van der Waals surface area contributed by atoms with Crippen molar-refractivity contribution in [3.8, 4) is 35.5 Å². The summed E-state index contributed by atoms with van der Waals surface area (Å²) >= 11 is 0. The molecule has 2 N–H and O–H groups in total. The molecule has 0 radical (unpaired) electrons. The molecule has 2 heteroatoms. The summed E-state index contributed by atoms with van der Waals surface area (Å²) in [6.45, 7) is 1.52. The van der Waals surface area contributed by atoms with Crippen LogP contribution in [0.3, 0.4) is 0 Å². The van der Waals surface area contributed by atoms with Crippen LogP contribution in [0.4, 0.5) is 0 Å².